The molecule has 0 unspecified atom stereocenters. The number of aromatic nitrogens is 6. The van der Waals surface area contributed by atoms with Gasteiger partial charge in [-0.2, -0.15) is 8.42 Å². The molecule has 0 aliphatic rings. The van der Waals surface area contributed by atoms with Gasteiger partial charge < -0.3 is 24.2 Å². The van der Waals surface area contributed by atoms with Gasteiger partial charge in [-0.3, -0.25) is 4.18 Å². The van der Waals surface area contributed by atoms with Crippen LogP contribution in [0.2, 0.25) is 0 Å². The zero-order valence-corrected chi connectivity index (χ0v) is 18.3. The Bertz CT molecular complexity index is 926. The fourth-order valence-corrected chi connectivity index (χ4v) is 1.41. The largest absolute Gasteiger partial charge is 0.381 e. The van der Waals surface area contributed by atoms with E-state index in [1.165, 1.54) is 6.20 Å². The monoisotopic (exact) mass is 429 g/mol. The average Bonchev–Trinajstić information content (AvgIpc) is 3.34. The third kappa shape index (κ3) is 12.1. The van der Waals surface area contributed by atoms with E-state index in [0.717, 1.165) is 25.0 Å². The first-order valence-corrected chi connectivity index (χ1v) is 9.98. The smallest absolute Gasteiger partial charge is 0.358 e. The summed E-state index contributed by atoms with van der Waals surface area (Å²) >= 11 is 0. The molecule has 3 aromatic heterocycles. The van der Waals surface area contributed by atoms with Crippen LogP contribution in [-0.4, -0.2) is 55.8 Å². The molecule has 0 bridgehead atoms. The molecule has 0 radical (unpaired) electrons. The van der Waals surface area contributed by atoms with Crippen molar-refractivity contribution in [2.75, 3.05) is 13.4 Å². The lowest BCUT2D eigenvalue weighted by atomic mass is 10.7. The molecule has 3 aromatic rings. The Kier molecular flexibility index (Phi) is 11.1. The topological polar surface area (TPSA) is 151 Å². The third-order valence-electron chi connectivity index (χ3n) is 3.28. The van der Waals surface area contributed by atoms with Gasteiger partial charge in [-0.05, 0) is 23.8 Å². The molecule has 1 N–H and O–H groups in total. The predicted molar refractivity (Wildman–Crippen MR) is 108 cm³/mol. The van der Waals surface area contributed by atoms with Gasteiger partial charge in [-0.25, -0.2) is 9.97 Å². The van der Waals surface area contributed by atoms with Crippen molar-refractivity contribution in [3.8, 4) is 0 Å². The number of nitrogens with one attached hydrogen (secondary N) is 1. The van der Waals surface area contributed by atoms with Crippen molar-refractivity contribution in [3.63, 3.8) is 0 Å². The van der Waals surface area contributed by atoms with Crippen LogP contribution < -0.4 is 0 Å². The van der Waals surface area contributed by atoms with Gasteiger partial charge in [-0.1, -0.05) is 0 Å². The fourth-order valence-electron chi connectivity index (χ4n) is 1.41. The maximum absolute atomic E-state index is 10.1. The van der Waals surface area contributed by atoms with Gasteiger partial charge in [-0.15, -0.1) is 0 Å². The molecule has 3 heterocycles. The molecule has 0 aliphatic carbocycles. The second-order valence-corrected chi connectivity index (χ2v) is 7.39. The first-order chi connectivity index (χ1) is 13.4. The number of imidazole rings is 3. The van der Waals surface area contributed by atoms with Gasteiger partial charge >= 0.3 is 5.82 Å². The number of hydrogen-bond donors (Lipinski definition) is 1. The summed E-state index contributed by atoms with van der Waals surface area (Å²) in [5.41, 5.74) is 0. The molecule has 0 amide bonds. The van der Waals surface area contributed by atoms with Crippen molar-refractivity contribution in [2.45, 2.75) is 20.8 Å². The van der Waals surface area contributed by atoms with Crippen LogP contribution >= 0.6 is 0 Å². The highest BCUT2D eigenvalue weighted by Crippen LogP contribution is 2.07. The van der Waals surface area contributed by atoms with E-state index in [0.29, 0.717) is 5.82 Å². The maximum atomic E-state index is 10.1. The highest BCUT2D eigenvalue weighted by atomic mass is 32.2. The second-order valence-electron chi connectivity index (χ2n) is 5.65. The van der Waals surface area contributed by atoms with E-state index >= 15 is 0 Å². The zero-order chi connectivity index (χ0) is 22.6. The predicted octanol–water partition coefficient (Wildman–Crippen LogP) is 1.68. The van der Waals surface area contributed by atoms with E-state index < -0.39 is 15.0 Å². The first-order valence-electron chi connectivity index (χ1n) is 8.17. The van der Waals surface area contributed by atoms with Crippen LogP contribution in [0.5, 0.6) is 0 Å². The Morgan fingerprint density at radius 3 is 1.83 bits per heavy atom. The van der Waals surface area contributed by atoms with Crippen LogP contribution in [-0.2, 0) is 28.4 Å². The number of aromatic amines is 1. The Morgan fingerprint density at radius 1 is 1.10 bits per heavy atom. The number of H-pyrrole nitrogens is 1. The molecule has 0 saturated heterocycles. The summed E-state index contributed by atoms with van der Waals surface area (Å²) in [5.74, 6) is 2.57. The molecule has 0 spiro atoms. The highest BCUT2D eigenvalue weighted by molar-refractivity contribution is 7.85. The molecule has 13 heteroatoms. The number of nitro groups is 1. The lowest BCUT2D eigenvalue weighted by Gasteiger charge is -1.87. The van der Waals surface area contributed by atoms with Crippen LogP contribution in [0.15, 0.2) is 31.0 Å². The quantitative estimate of drug-likeness (QED) is 0.367. The minimum Gasteiger partial charge on any atom is -0.358 e. The second kappa shape index (κ2) is 12.4. The number of nitrogens with zero attached hydrogens (tertiary/aromatic N) is 6. The summed E-state index contributed by atoms with van der Waals surface area (Å²) in [5, 5.41) is 10.1. The SMILES string of the molecule is COS(C)(=O)=O.Cc1nc([N+](=O)[O-])cn1C.Cc1ncc[nH]1.Cc1nccn1C. The van der Waals surface area contributed by atoms with E-state index in [4.69, 9.17) is 0 Å². The number of rotatable bonds is 2. The molecule has 0 saturated carbocycles. The minimum absolute atomic E-state index is 0.0972. The molecule has 12 nitrogen and oxygen atoms in total. The Balaban J connectivity index is 0.000000370. The zero-order valence-electron chi connectivity index (χ0n) is 17.5. The molecular formula is C16H27N7O5S. The van der Waals surface area contributed by atoms with Crippen LogP contribution in [0, 0.1) is 30.9 Å². The third-order valence-corrected chi connectivity index (χ3v) is 3.89. The standard InChI is InChI=1S/C5H7N3O2.C5H8N2.C4H6N2.C2H6O3S/c1-4-6-5(8(9)10)3-7(4)2;1-5-6-3-4-7(5)2;1-4-5-2-3-6-4;1-5-6(2,3)4/h3H,1-2H3;3-4H,1-2H3;2-3H,1H3,(H,5,6);1-2H3. The summed E-state index contributed by atoms with van der Waals surface area (Å²) in [7, 11) is 1.65. The van der Waals surface area contributed by atoms with Crippen molar-refractivity contribution in [1.82, 2.24) is 29.1 Å². The van der Waals surface area contributed by atoms with E-state index in [1.807, 2.05) is 31.7 Å². The molecular weight excluding hydrogens is 402 g/mol. The molecule has 0 fully saturated rings. The van der Waals surface area contributed by atoms with Gasteiger partial charge in [0.05, 0.1) is 13.4 Å². The van der Waals surface area contributed by atoms with Crippen molar-refractivity contribution in [3.05, 3.63) is 58.6 Å². The van der Waals surface area contributed by atoms with Crippen molar-refractivity contribution < 1.29 is 17.5 Å². The Morgan fingerprint density at radius 2 is 1.69 bits per heavy atom. The molecule has 0 aliphatic heterocycles. The lowest BCUT2D eigenvalue weighted by Crippen LogP contribution is -1.95. The normalized spacial score (nSPS) is 9.90. The summed E-state index contributed by atoms with van der Waals surface area (Å²) in [6.45, 7) is 5.60. The Hall–Kier alpha value is -3.06. The fraction of sp³-hybridized carbons (Fsp3) is 0.438. The maximum Gasteiger partial charge on any atom is 0.381 e. The lowest BCUT2D eigenvalue weighted by molar-refractivity contribution is -0.389. The van der Waals surface area contributed by atoms with Gasteiger partial charge in [0.15, 0.2) is 0 Å². The van der Waals surface area contributed by atoms with Gasteiger partial charge in [0.25, 0.3) is 10.1 Å². The highest BCUT2D eigenvalue weighted by Gasteiger charge is 2.11. The van der Waals surface area contributed by atoms with Crippen LogP contribution in [0.1, 0.15) is 17.5 Å². The molecule has 162 valence electrons. The van der Waals surface area contributed by atoms with Gasteiger partial charge in [0, 0.05) is 45.8 Å². The van der Waals surface area contributed by atoms with Crippen LogP contribution in [0.25, 0.3) is 0 Å². The molecule has 0 atom stereocenters. The van der Waals surface area contributed by atoms with Gasteiger partial charge in [0.1, 0.15) is 17.8 Å². The molecule has 3 rings (SSSR count). The van der Waals surface area contributed by atoms with Crippen LogP contribution in [0.4, 0.5) is 5.82 Å². The molecule has 0 aromatic carbocycles. The van der Waals surface area contributed by atoms with Crippen molar-refractivity contribution in [1.29, 1.82) is 0 Å². The minimum atomic E-state index is -3.16. The summed E-state index contributed by atoms with van der Waals surface area (Å²) < 4.78 is 27.0. The first kappa shape index (κ1) is 25.9. The number of hydrogen-bond acceptors (Lipinski definition) is 8. The van der Waals surface area contributed by atoms with Crippen molar-refractivity contribution in [2.24, 2.45) is 14.1 Å². The number of aryl methyl sites for hydroxylation is 5. The molecule has 29 heavy (non-hydrogen) atoms. The van der Waals surface area contributed by atoms with E-state index in [-0.39, 0.29) is 5.82 Å². The average molecular weight is 430 g/mol. The Labute approximate surface area is 169 Å². The van der Waals surface area contributed by atoms with E-state index in [2.05, 4.69) is 24.1 Å². The summed E-state index contributed by atoms with van der Waals surface area (Å²) in [6, 6.07) is 0. The van der Waals surface area contributed by atoms with E-state index in [9.17, 15) is 18.5 Å². The van der Waals surface area contributed by atoms with Crippen molar-refractivity contribution >= 4 is 15.9 Å². The van der Waals surface area contributed by atoms with Crippen LogP contribution in [0.3, 0.4) is 0 Å². The van der Waals surface area contributed by atoms with E-state index in [1.54, 1.807) is 37.1 Å². The summed E-state index contributed by atoms with van der Waals surface area (Å²) in [4.78, 5) is 24.0. The van der Waals surface area contributed by atoms with Gasteiger partial charge in [0.2, 0.25) is 5.82 Å². The summed E-state index contributed by atoms with van der Waals surface area (Å²) in [6.07, 6.45) is 9.62.